The first-order valence-corrected chi connectivity index (χ1v) is 6.96. The van der Waals surface area contributed by atoms with E-state index in [2.05, 4.69) is 27.8 Å². The van der Waals surface area contributed by atoms with Crippen LogP contribution in [0.15, 0.2) is 35.2 Å². The Morgan fingerprint density at radius 2 is 2.21 bits per heavy atom. The number of nitrogens with two attached hydrogens (primary N) is 1. The van der Waals surface area contributed by atoms with Crippen LogP contribution < -0.4 is 5.73 Å². The van der Waals surface area contributed by atoms with Gasteiger partial charge in [-0.05, 0) is 31.5 Å². The fourth-order valence-electron chi connectivity index (χ4n) is 2.16. The van der Waals surface area contributed by atoms with Gasteiger partial charge in [-0.3, -0.25) is 0 Å². The third-order valence-corrected chi connectivity index (χ3v) is 3.70. The lowest BCUT2D eigenvalue weighted by Crippen LogP contribution is -2.39. The van der Waals surface area contributed by atoms with Crippen molar-refractivity contribution < 1.29 is 4.39 Å². The van der Waals surface area contributed by atoms with E-state index in [9.17, 15) is 4.39 Å². The minimum atomic E-state index is -0.793. The van der Waals surface area contributed by atoms with Crippen LogP contribution in [0.1, 0.15) is 25.1 Å². The van der Waals surface area contributed by atoms with Crippen molar-refractivity contribution in [2.45, 2.75) is 32.4 Å². The van der Waals surface area contributed by atoms with Gasteiger partial charge in [0.2, 0.25) is 0 Å². The van der Waals surface area contributed by atoms with Crippen LogP contribution in [0.25, 0.3) is 0 Å². The number of hydrogen-bond donors (Lipinski definition) is 1. The van der Waals surface area contributed by atoms with Gasteiger partial charge in [-0.25, -0.2) is 9.37 Å². The monoisotopic (exact) mass is 325 g/mol. The van der Waals surface area contributed by atoms with Gasteiger partial charge in [0, 0.05) is 28.5 Å². The van der Waals surface area contributed by atoms with Gasteiger partial charge in [0.25, 0.3) is 0 Å². The molecule has 102 valence electrons. The normalized spacial score (nSPS) is 14.4. The lowest BCUT2D eigenvalue weighted by Gasteiger charge is -2.27. The highest BCUT2D eigenvalue weighted by molar-refractivity contribution is 9.10. The maximum atomic E-state index is 14.0. The fraction of sp³-hybridized carbons (Fsp3) is 0.357. The summed E-state index contributed by atoms with van der Waals surface area (Å²) >= 11 is 3.35. The Morgan fingerprint density at radius 1 is 1.47 bits per heavy atom. The molecule has 3 nitrogen and oxygen atoms in total. The van der Waals surface area contributed by atoms with Crippen molar-refractivity contribution in [3.8, 4) is 0 Å². The van der Waals surface area contributed by atoms with E-state index in [-0.39, 0.29) is 5.82 Å². The molecule has 0 bridgehead atoms. The van der Waals surface area contributed by atoms with E-state index in [1.807, 2.05) is 17.7 Å². The van der Waals surface area contributed by atoms with Crippen LogP contribution in [-0.2, 0) is 18.5 Å². The lowest BCUT2D eigenvalue weighted by atomic mass is 9.92. The molecule has 2 N–H and O–H groups in total. The summed E-state index contributed by atoms with van der Waals surface area (Å²) in [6.45, 7) is 4.38. The van der Waals surface area contributed by atoms with E-state index >= 15 is 0 Å². The van der Waals surface area contributed by atoms with Gasteiger partial charge in [0.05, 0.1) is 11.9 Å². The first-order valence-electron chi connectivity index (χ1n) is 6.17. The number of rotatable bonds is 4. The van der Waals surface area contributed by atoms with E-state index in [4.69, 9.17) is 5.73 Å². The molecule has 2 rings (SSSR count). The molecule has 0 radical (unpaired) electrons. The zero-order valence-electron chi connectivity index (χ0n) is 11.0. The summed E-state index contributed by atoms with van der Waals surface area (Å²) in [5.74, 6) is -0.286. The number of aryl methyl sites for hydroxylation is 1. The molecule has 0 aliphatic rings. The van der Waals surface area contributed by atoms with Gasteiger partial charge >= 0.3 is 0 Å². The van der Waals surface area contributed by atoms with Crippen molar-refractivity contribution in [1.82, 2.24) is 9.55 Å². The van der Waals surface area contributed by atoms with Crippen LogP contribution in [0.5, 0.6) is 0 Å². The number of imidazole rings is 1. The molecule has 1 atom stereocenters. The zero-order valence-corrected chi connectivity index (χ0v) is 12.6. The summed E-state index contributed by atoms with van der Waals surface area (Å²) in [4.78, 5) is 4.12. The zero-order chi connectivity index (χ0) is 14.0. The number of nitrogens with zero attached hydrogens (tertiary/aromatic N) is 2. The molecule has 2 aromatic rings. The van der Waals surface area contributed by atoms with E-state index in [1.54, 1.807) is 18.5 Å². The number of aromatic nitrogens is 2. The highest BCUT2D eigenvalue weighted by Gasteiger charge is 2.26. The summed E-state index contributed by atoms with van der Waals surface area (Å²) in [6, 6.07) is 4.83. The molecule has 0 aliphatic heterocycles. The Balaban J connectivity index is 2.34. The van der Waals surface area contributed by atoms with Crippen molar-refractivity contribution in [3.63, 3.8) is 0 Å². The molecule has 0 saturated heterocycles. The molecule has 0 aliphatic carbocycles. The van der Waals surface area contributed by atoms with E-state index in [0.717, 1.165) is 16.6 Å². The maximum absolute atomic E-state index is 14.0. The van der Waals surface area contributed by atoms with Crippen LogP contribution in [0.3, 0.4) is 0 Å². The standard InChI is InChI=1S/C14H17BrFN3/c1-3-11-7-18-9-19(11)8-14(2,17)12-6-10(15)4-5-13(12)16/h4-7,9H,3,8,17H2,1-2H3/t14-/m0/s1. The minimum Gasteiger partial charge on any atom is -0.332 e. The molecule has 1 aromatic carbocycles. The molecule has 1 heterocycles. The third-order valence-electron chi connectivity index (χ3n) is 3.20. The SMILES string of the molecule is CCc1cncn1C[C@](C)(N)c1cc(Br)ccc1F. The highest BCUT2D eigenvalue weighted by Crippen LogP contribution is 2.26. The Bertz CT molecular complexity index is 578. The quantitative estimate of drug-likeness (QED) is 0.937. The Labute approximate surface area is 120 Å². The van der Waals surface area contributed by atoms with Crippen molar-refractivity contribution in [2.24, 2.45) is 5.73 Å². The summed E-state index contributed by atoms with van der Waals surface area (Å²) in [5.41, 5.74) is 7.11. The van der Waals surface area contributed by atoms with Crippen molar-refractivity contribution >= 4 is 15.9 Å². The molecule has 0 spiro atoms. The van der Waals surface area contributed by atoms with Crippen molar-refractivity contribution in [1.29, 1.82) is 0 Å². The summed E-state index contributed by atoms with van der Waals surface area (Å²) in [7, 11) is 0. The summed E-state index contributed by atoms with van der Waals surface area (Å²) in [5, 5.41) is 0. The number of benzene rings is 1. The molecule has 19 heavy (non-hydrogen) atoms. The summed E-state index contributed by atoms with van der Waals surface area (Å²) < 4.78 is 16.7. The largest absolute Gasteiger partial charge is 0.332 e. The summed E-state index contributed by atoms with van der Waals surface area (Å²) in [6.07, 6.45) is 4.42. The topological polar surface area (TPSA) is 43.8 Å². The predicted molar refractivity (Wildman–Crippen MR) is 77.2 cm³/mol. The van der Waals surface area contributed by atoms with E-state index in [0.29, 0.717) is 12.1 Å². The van der Waals surface area contributed by atoms with Gasteiger partial charge in [-0.2, -0.15) is 0 Å². The molecule has 0 unspecified atom stereocenters. The van der Waals surface area contributed by atoms with Gasteiger partial charge in [-0.1, -0.05) is 22.9 Å². The second-order valence-corrected chi connectivity index (χ2v) is 5.82. The molecular weight excluding hydrogens is 309 g/mol. The second kappa shape index (κ2) is 5.43. The number of hydrogen-bond acceptors (Lipinski definition) is 2. The average molecular weight is 326 g/mol. The van der Waals surface area contributed by atoms with Crippen LogP contribution >= 0.6 is 15.9 Å². The molecule has 0 amide bonds. The highest BCUT2D eigenvalue weighted by atomic mass is 79.9. The number of halogens is 2. The minimum absolute atomic E-state index is 0.286. The van der Waals surface area contributed by atoms with Gasteiger partial charge in [0.15, 0.2) is 0 Å². The Hall–Kier alpha value is -1.20. The first-order chi connectivity index (χ1) is 8.94. The van der Waals surface area contributed by atoms with E-state index in [1.165, 1.54) is 6.07 Å². The second-order valence-electron chi connectivity index (χ2n) is 4.91. The van der Waals surface area contributed by atoms with Crippen molar-refractivity contribution in [3.05, 3.63) is 52.3 Å². The molecule has 0 saturated carbocycles. The molecule has 0 fully saturated rings. The van der Waals surface area contributed by atoms with Gasteiger partial charge < -0.3 is 10.3 Å². The first kappa shape index (κ1) is 14.2. The van der Waals surface area contributed by atoms with Crippen molar-refractivity contribution in [2.75, 3.05) is 0 Å². The average Bonchev–Trinajstić information content (AvgIpc) is 2.78. The maximum Gasteiger partial charge on any atom is 0.128 e. The van der Waals surface area contributed by atoms with Crippen LogP contribution in [0, 0.1) is 5.82 Å². The molecular formula is C14H17BrFN3. The van der Waals surface area contributed by atoms with Crippen LogP contribution in [0.4, 0.5) is 4.39 Å². The predicted octanol–water partition coefficient (Wildman–Crippen LogP) is 3.22. The Kier molecular flexibility index (Phi) is 4.06. The lowest BCUT2D eigenvalue weighted by molar-refractivity contribution is 0.387. The van der Waals surface area contributed by atoms with Crippen LogP contribution in [-0.4, -0.2) is 9.55 Å². The smallest absolute Gasteiger partial charge is 0.128 e. The van der Waals surface area contributed by atoms with E-state index < -0.39 is 5.54 Å². The van der Waals surface area contributed by atoms with Crippen LogP contribution in [0.2, 0.25) is 0 Å². The Morgan fingerprint density at radius 3 is 2.89 bits per heavy atom. The van der Waals surface area contributed by atoms with Gasteiger partial charge in [0.1, 0.15) is 5.82 Å². The molecule has 1 aromatic heterocycles. The fourth-order valence-corrected chi connectivity index (χ4v) is 2.52. The molecule has 5 heteroatoms. The van der Waals surface area contributed by atoms with Gasteiger partial charge in [-0.15, -0.1) is 0 Å². The third kappa shape index (κ3) is 3.04.